The van der Waals surface area contributed by atoms with Crippen molar-refractivity contribution in [2.45, 2.75) is 57.5 Å². The fourth-order valence-electron chi connectivity index (χ4n) is 4.31. The molecule has 214 valence electrons. The van der Waals surface area contributed by atoms with Crippen molar-refractivity contribution in [1.82, 2.24) is 10.2 Å². The predicted molar refractivity (Wildman–Crippen MR) is 158 cm³/mol. The van der Waals surface area contributed by atoms with Crippen molar-refractivity contribution in [3.8, 4) is 5.75 Å². The van der Waals surface area contributed by atoms with Crippen LogP contribution in [0.4, 0.5) is 5.69 Å². The van der Waals surface area contributed by atoms with Gasteiger partial charge in [-0.05, 0) is 61.7 Å². The fraction of sp³-hybridized carbons (Fsp3) is 0.355. The SMILES string of the molecule is CCCCNC(=O)[C@@H](CC)N(Cc1ccc(C)cc1)C(=O)CN(c1ccccc1)S(=O)(=O)c1ccc(OC)cc1. The minimum absolute atomic E-state index is 0.0272. The molecule has 9 heteroatoms. The van der Waals surface area contributed by atoms with Crippen molar-refractivity contribution in [3.05, 3.63) is 90.0 Å². The topological polar surface area (TPSA) is 96.0 Å². The lowest BCUT2D eigenvalue weighted by atomic mass is 10.1. The Bertz CT molecular complexity index is 1340. The average Bonchev–Trinajstić information content (AvgIpc) is 2.97. The second-order valence-corrected chi connectivity index (χ2v) is 11.5. The molecule has 1 N–H and O–H groups in total. The Balaban J connectivity index is 2.00. The Morgan fingerprint density at radius 1 is 0.925 bits per heavy atom. The molecule has 1 atom stereocenters. The number of amides is 2. The molecule has 3 rings (SSSR count). The number of methoxy groups -OCH3 is 1. The van der Waals surface area contributed by atoms with Crippen molar-refractivity contribution in [3.63, 3.8) is 0 Å². The summed E-state index contributed by atoms with van der Waals surface area (Å²) in [7, 11) is -2.62. The number of nitrogens with zero attached hydrogens (tertiary/aromatic N) is 2. The second kappa shape index (κ2) is 14.5. The van der Waals surface area contributed by atoms with Crippen LogP contribution in [-0.2, 0) is 26.2 Å². The number of sulfonamides is 1. The Kier molecular flexibility index (Phi) is 11.1. The van der Waals surface area contributed by atoms with E-state index in [1.165, 1.54) is 24.1 Å². The molecule has 2 amide bonds. The molecule has 0 saturated carbocycles. The summed E-state index contributed by atoms with van der Waals surface area (Å²) >= 11 is 0. The van der Waals surface area contributed by atoms with Gasteiger partial charge >= 0.3 is 0 Å². The predicted octanol–water partition coefficient (Wildman–Crippen LogP) is 4.92. The number of carbonyl (C=O) groups excluding carboxylic acids is 2. The van der Waals surface area contributed by atoms with Crippen LogP contribution in [0.15, 0.2) is 83.8 Å². The third-order valence-electron chi connectivity index (χ3n) is 6.66. The lowest BCUT2D eigenvalue weighted by Crippen LogP contribution is -2.52. The standard InChI is InChI=1S/C31H39N3O5S/c1-5-7-21-32-31(36)29(6-2)33(22-25-15-13-24(3)14-16-25)30(35)23-34(26-11-9-8-10-12-26)40(37,38)28-19-17-27(39-4)18-20-28/h8-20,29H,5-7,21-23H2,1-4H3,(H,32,36)/t29-/m1/s1. The first-order valence-corrected chi connectivity index (χ1v) is 15.0. The molecule has 0 unspecified atom stereocenters. The molecule has 40 heavy (non-hydrogen) atoms. The Hall–Kier alpha value is -3.85. The van der Waals surface area contributed by atoms with Crippen LogP contribution in [0.5, 0.6) is 5.75 Å². The van der Waals surface area contributed by atoms with Crippen molar-refractivity contribution < 1.29 is 22.7 Å². The number of nitrogens with one attached hydrogen (secondary N) is 1. The third-order valence-corrected chi connectivity index (χ3v) is 8.45. The van der Waals surface area contributed by atoms with Crippen LogP contribution in [0.3, 0.4) is 0 Å². The fourth-order valence-corrected chi connectivity index (χ4v) is 5.73. The van der Waals surface area contributed by atoms with Crippen LogP contribution >= 0.6 is 0 Å². The molecule has 0 spiro atoms. The zero-order valence-corrected chi connectivity index (χ0v) is 24.5. The van der Waals surface area contributed by atoms with Crippen molar-refractivity contribution in [2.75, 3.05) is 24.5 Å². The minimum atomic E-state index is -4.13. The van der Waals surface area contributed by atoms with Gasteiger partial charge in [0.1, 0.15) is 18.3 Å². The maximum absolute atomic E-state index is 14.0. The molecule has 0 saturated heterocycles. The molecule has 0 aliphatic rings. The van der Waals surface area contributed by atoms with E-state index in [9.17, 15) is 18.0 Å². The summed E-state index contributed by atoms with van der Waals surface area (Å²) in [6.45, 7) is 6.08. The maximum atomic E-state index is 14.0. The highest BCUT2D eigenvalue weighted by Gasteiger charge is 2.33. The van der Waals surface area contributed by atoms with Crippen LogP contribution in [0.2, 0.25) is 0 Å². The van der Waals surface area contributed by atoms with Gasteiger partial charge in [-0.25, -0.2) is 8.42 Å². The van der Waals surface area contributed by atoms with Gasteiger partial charge in [-0.15, -0.1) is 0 Å². The number of carbonyl (C=O) groups is 2. The number of hydrogen-bond acceptors (Lipinski definition) is 5. The number of unbranched alkanes of at least 4 members (excludes halogenated alkanes) is 1. The highest BCUT2D eigenvalue weighted by Crippen LogP contribution is 2.26. The van der Waals surface area contributed by atoms with Crippen LogP contribution in [0.25, 0.3) is 0 Å². The molecule has 0 aliphatic carbocycles. The van der Waals surface area contributed by atoms with Gasteiger partial charge in [0.2, 0.25) is 11.8 Å². The summed E-state index contributed by atoms with van der Waals surface area (Å²) in [5.74, 6) is -0.204. The zero-order valence-electron chi connectivity index (χ0n) is 23.7. The Morgan fingerprint density at radius 3 is 2.15 bits per heavy atom. The first kappa shape index (κ1) is 30.7. The summed E-state index contributed by atoms with van der Waals surface area (Å²) in [5.41, 5.74) is 2.28. The molecular formula is C31H39N3O5S. The average molecular weight is 566 g/mol. The quantitative estimate of drug-likeness (QED) is 0.280. The molecule has 0 aliphatic heterocycles. The van der Waals surface area contributed by atoms with E-state index in [1.807, 2.05) is 45.0 Å². The zero-order chi connectivity index (χ0) is 29.1. The molecule has 3 aromatic carbocycles. The molecule has 0 heterocycles. The van der Waals surface area contributed by atoms with Crippen molar-refractivity contribution in [2.24, 2.45) is 0 Å². The van der Waals surface area contributed by atoms with Crippen molar-refractivity contribution in [1.29, 1.82) is 0 Å². The van der Waals surface area contributed by atoms with Gasteiger partial charge in [-0.3, -0.25) is 13.9 Å². The normalized spacial score (nSPS) is 11.9. The van der Waals surface area contributed by atoms with Crippen molar-refractivity contribution >= 4 is 27.5 Å². The maximum Gasteiger partial charge on any atom is 0.264 e. The highest BCUT2D eigenvalue weighted by molar-refractivity contribution is 7.92. The van der Waals surface area contributed by atoms with Gasteiger partial charge in [0.25, 0.3) is 10.0 Å². The number of para-hydroxylation sites is 1. The van der Waals surface area contributed by atoms with Crippen LogP contribution in [-0.4, -0.2) is 51.4 Å². The van der Waals surface area contributed by atoms with Gasteiger partial charge in [0, 0.05) is 13.1 Å². The van der Waals surface area contributed by atoms with Gasteiger partial charge in [0.05, 0.1) is 17.7 Å². The molecule has 3 aromatic rings. The first-order valence-electron chi connectivity index (χ1n) is 13.6. The van der Waals surface area contributed by atoms with E-state index < -0.39 is 28.5 Å². The second-order valence-electron chi connectivity index (χ2n) is 9.60. The summed E-state index contributed by atoms with van der Waals surface area (Å²) in [5, 5.41) is 2.94. The van der Waals surface area contributed by atoms with E-state index in [1.54, 1.807) is 42.5 Å². The van der Waals surface area contributed by atoms with E-state index in [0.29, 0.717) is 24.4 Å². The highest BCUT2D eigenvalue weighted by atomic mass is 32.2. The van der Waals surface area contributed by atoms with Crippen LogP contribution < -0.4 is 14.4 Å². The van der Waals surface area contributed by atoms with Crippen LogP contribution in [0, 0.1) is 6.92 Å². The Labute approximate surface area is 238 Å². The molecule has 0 fully saturated rings. The molecule has 0 bridgehead atoms. The van der Waals surface area contributed by atoms with Gasteiger partial charge in [0.15, 0.2) is 0 Å². The van der Waals surface area contributed by atoms with E-state index in [4.69, 9.17) is 4.74 Å². The van der Waals surface area contributed by atoms with E-state index in [-0.39, 0.29) is 17.3 Å². The number of ether oxygens (including phenoxy) is 1. The number of hydrogen-bond donors (Lipinski definition) is 1. The molecule has 8 nitrogen and oxygen atoms in total. The summed E-state index contributed by atoms with van der Waals surface area (Å²) in [6, 6.07) is 21.5. The minimum Gasteiger partial charge on any atom is -0.497 e. The number of aryl methyl sites for hydroxylation is 1. The largest absolute Gasteiger partial charge is 0.497 e. The lowest BCUT2D eigenvalue weighted by molar-refractivity contribution is -0.140. The van der Waals surface area contributed by atoms with Gasteiger partial charge in [-0.1, -0.05) is 68.3 Å². The first-order chi connectivity index (χ1) is 19.2. The number of rotatable bonds is 14. The summed E-state index contributed by atoms with van der Waals surface area (Å²) < 4.78 is 34.0. The van der Waals surface area contributed by atoms with Gasteiger partial charge in [-0.2, -0.15) is 0 Å². The lowest BCUT2D eigenvalue weighted by Gasteiger charge is -2.33. The van der Waals surface area contributed by atoms with E-state index >= 15 is 0 Å². The monoisotopic (exact) mass is 565 g/mol. The molecular weight excluding hydrogens is 526 g/mol. The van der Waals surface area contributed by atoms with Crippen LogP contribution in [0.1, 0.15) is 44.2 Å². The summed E-state index contributed by atoms with van der Waals surface area (Å²) in [6.07, 6.45) is 2.14. The Morgan fingerprint density at radius 2 is 1.57 bits per heavy atom. The van der Waals surface area contributed by atoms with E-state index in [0.717, 1.165) is 28.3 Å². The number of benzene rings is 3. The smallest absolute Gasteiger partial charge is 0.264 e. The summed E-state index contributed by atoms with van der Waals surface area (Å²) in [4.78, 5) is 28.8. The number of anilines is 1. The van der Waals surface area contributed by atoms with E-state index in [2.05, 4.69) is 5.32 Å². The third kappa shape index (κ3) is 7.85. The molecule has 0 radical (unpaired) electrons. The molecule has 0 aromatic heterocycles. The van der Waals surface area contributed by atoms with Gasteiger partial charge < -0.3 is 15.0 Å².